The predicted molar refractivity (Wildman–Crippen MR) is 65.2 cm³/mol. The fourth-order valence-electron chi connectivity index (χ4n) is 1.35. The maximum Gasteiger partial charge on any atom is 0.130 e. The third-order valence-electron chi connectivity index (χ3n) is 2.56. The van der Waals surface area contributed by atoms with Crippen LogP contribution in [0.3, 0.4) is 0 Å². The van der Waals surface area contributed by atoms with Crippen LogP contribution in [0.4, 0.5) is 0 Å². The smallest absolute Gasteiger partial charge is 0.130 e. The lowest BCUT2D eigenvalue weighted by Gasteiger charge is -2.12. The highest BCUT2D eigenvalue weighted by Crippen LogP contribution is 2.23. The van der Waals surface area contributed by atoms with Gasteiger partial charge in [-0.25, -0.2) is 0 Å². The highest BCUT2D eigenvalue weighted by molar-refractivity contribution is 5.38. The van der Waals surface area contributed by atoms with Gasteiger partial charge in [-0.3, -0.25) is 0 Å². The van der Waals surface area contributed by atoms with Gasteiger partial charge in [-0.05, 0) is 51.3 Å². The normalized spacial score (nSPS) is 9.93. The second-order valence-corrected chi connectivity index (χ2v) is 4.12. The summed E-state index contributed by atoms with van der Waals surface area (Å²) in [6, 6.07) is 6.33. The Hall–Kier alpha value is -1.24. The van der Waals surface area contributed by atoms with Crippen molar-refractivity contribution in [3.05, 3.63) is 40.7 Å². The molecule has 0 atom stereocenters. The molecule has 0 aromatic heterocycles. The minimum Gasteiger partial charge on any atom is -0.462 e. The summed E-state index contributed by atoms with van der Waals surface area (Å²) in [5.74, 6) is 1.98. The van der Waals surface area contributed by atoms with Gasteiger partial charge in [-0.15, -0.1) is 0 Å². The van der Waals surface area contributed by atoms with E-state index in [1.165, 1.54) is 16.7 Å². The third kappa shape index (κ3) is 3.12. The molecule has 0 fully saturated rings. The number of hydrogen-bond acceptors (Lipinski definition) is 1. The van der Waals surface area contributed by atoms with E-state index in [4.69, 9.17) is 4.74 Å². The Kier molecular flexibility index (Phi) is 3.96. The summed E-state index contributed by atoms with van der Waals surface area (Å²) in [6.07, 6.45) is 1.01. The van der Waals surface area contributed by atoms with E-state index in [9.17, 15) is 0 Å². The minimum absolute atomic E-state index is 0.988. The van der Waals surface area contributed by atoms with Gasteiger partial charge < -0.3 is 4.74 Å². The van der Waals surface area contributed by atoms with Gasteiger partial charge in [-0.1, -0.05) is 24.6 Å². The highest BCUT2D eigenvalue weighted by Gasteiger charge is 2.03. The van der Waals surface area contributed by atoms with Gasteiger partial charge in [0.15, 0.2) is 0 Å². The number of hydrogen-bond donors (Lipinski definition) is 0. The van der Waals surface area contributed by atoms with E-state index in [0.717, 1.165) is 17.9 Å². The largest absolute Gasteiger partial charge is 0.462 e. The average Bonchev–Trinajstić information content (AvgIpc) is 2.20. The zero-order valence-corrected chi connectivity index (χ0v) is 10.3. The number of ether oxygens (including phenoxy) is 1. The average molecular weight is 204 g/mol. The molecule has 15 heavy (non-hydrogen) atoms. The Labute approximate surface area is 92.8 Å². The molecular weight excluding hydrogens is 184 g/mol. The molecule has 0 N–H and O–H groups in total. The molecule has 1 aromatic carbocycles. The van der Waals surface area contributed by atoms with Crippen molar-refractivity contribution in [2.24, 2.45) is 0 Å². The topological polar surface area (TPSA) is 9.23 Å². The molecule has 0 bridgehead atoms. The van der Waals surface area contributed by atoms with E-state index in [-0.39, 0.29) is 0 Å². The number of aryl methyl sites for hydroxylation is 2. The summed E-state index contributed by atoms with van der Waals surface area (Å²) in [5.41, 5.74) is 3.78. The van der Waals surface area contributed by atoms with Crippen LogP contribution >= 0.6 is 0 Å². The van der Waals surface area contributed by atoms with E-state index in [1.807, 2.05) is 6.92 Å². The molecule has 0 aliphatic carbocycles. The van der Waals surface area contributed by atoms with E-state index in [2.05, 4.69) is 45.9 Å². The minimum atomic E-state index is 0.988. The number of allylic oxidation sites excluding steroid dienone is 2. The zero-order chi connectivity index (χ0) is 11.4. The molecule has 0 radical (unpaired) electrons. The Morgan fingerprint density at radius 3 is 2.40 bits per heavy atom. The van der Waals surface area contributed by atoms with Crippen molar-refractivity contribution in [3.8, 4) is 5.75 Å². The van der Waals surface area contributed by atoms with Gasteiger partial charge in [0, 0.05) is 0 Å². The molecule has 1 aromatic rings. The lowest BCUT2D eigenvalue weighted by molar-refractivity contribution is 0.416. The third-order valence-corrected chi connectivity index (χ3v) is 2.56. The summed E-state index contributed by atoms with van der Waals surface area (Å²) in [4.78, 5) is 0. The van der Waals surface area contributed by atoms with Crippen LogP contribution in [0, 0.1) is 6.92 Å². The van der Waals surface area contributed by atoms with Crippen LogP contribution in [0.1, 0.15) is 38.8 Å². The maximum atomic E-state index is 5.83. The second-order valence-electron chi connectivity index (χ2n) is 4.12. The standard InChI is InChI=1S/C14H20O/c1-6-13-9-11(4)7-8-14(13)15-12(5)10(2)3/h7-9H,6H2,1-5H3. The molecule has 82 valence electrons. The van der Waals surface area contributed by atoms with Gasteiger partial charge in [0.25, 0.3) is 0 Å². The van der Waals surface area contributed by atoms with Crippen LogP contribution in [0.5, 0.6) is 5.75 Å². The monoisotopic (exact) mass is 204 g/mol. The van der Waals surface area contributed by atoms with Crippen molar-refractivity contribution in [3.63, 3.8) is 0 Å². The summed E-state index contributed by atoms with van der Waals surface area (Å²) < 4.78 is 5.83. The maximum absolute atomic E-state index is 5.83. The molecule has 0 spiro atoms. The summed E-state index contributed by atoms with van der Waals surface area (Å²) >= 11 is 0. The van der Waals surface area contributed by atoms with Crippen LogP contribution in [0.25, 0.3) is 0 Å². The Bertz CT molecular complexity index is 371. The van der Waals surface area contributed by atoms with Gasteiger partial charge >= 0.3 is 0 Å². The second kappa shape index (κ2) is 5.01. The first-order valence-corrected chi connectivity index (χ1v) is 5.46. The van der Waals surface area contributed by atoms with Gasteiger partial charge in [0.05, 0.1) is 5.76 Å². The quantitative estimate of drug-likeness (QED) is 0.669. The summed E-state index contributed by atoms with van der Waals surface area (Å²) in [6.45, 7) is 10.4. The fourth-order valence-corrected chi connectivity index (χ4v) is 1.35. The number of rotatable bonds is 3. The molecule has 0 amide bonds. The Balaban J connectivity index is 3.00. The van der Waals surface area contributed by atoms with Gasteiger partial charge in [-0.2, -0.15) is 0 Å². The van der Waals surface area contributed by atoms with Crippen LogP contribution < -0.4 is 4.74 Å². The SMILES string of the molecule is CCc1cc(C)ccc1OC(C)=C(C)C. The van der Waals surface area contributed by atoms with Crippen molar-refractivity contribution in [2.75, 3.05) is 0 Å². The summed E-state index contributed by atoms with van der Waals surface area (Å²) in [7, 11) is 0. The highest BCUT2D eigenvalue weighted by atomic mass is 16.5. The van der Waals surface area contributed by atoms with E-state index >= 15 is 0 Å². The fraction of sp³-hybridized carbons (Fsp3) is 0.429. The molecule has 0 unspecified atom stereocenters. The van der Waals surface area contributed by atoms with Crippen LogP contribution in [-0.2, 0) is 6.42 Å². The van der Waals surface area contributed by atoms with Crippen molar-refractivity contribution < 1.29 is 4.74 Å². The first-order chi connectivity index (χ1) is 7.04. The van der Waals surface area contributed by atoms with Crippen molar-refractivity contribution in [1.29, 1.82) is 0 Å². The molecule has 0 saturated carbocycles. The molecule has 0 heterocycles. The molecule has 1 rings (SSSR count). The van der Waals surface area contributed by atoms with Crippen molar-refractivity contribution in [2.45, 2.75) is 41.0 Å². The zero-order valence-electron chi connectivity index (χ0n) is 10.3. The van der Waals surface area contributed by atoms with E-state index in [1.54, 1.807) is 0 Å². The van der Waals surface area contributed by atoms with Crippen LogP contribution in [-0.4, -0.2) is 0 Å². The van der Waals surface area contributed by atoms with Crippen molar-refractivity contribution >= 4 is 0 Å². The summed E-state index contributed by atoms with van der Waals surface area (Å²) in [5, 5.41) is 0. The van der Waals surface area contributed by atoms with Crippen LogP contribution in [0.15, 0.2) is 29.5 Å². The van der Waals surface area contributed by atoms with E-state index < -0.39 is 0 Å². The van der Waals surface area contributed by atoms with Crippen LogP contribution in [0.2, 0.25) is 0 Å². The molecule has 1 nitrogen and oxygen atoms in total. The van der Waals surface area contributed by atoms with Crippen molar-refractivity contribution in [1.82, 2.24) is 0 Å². The molecule has 0 aliphatic rings. The molecule has 1 heteroatoms. The first kappa shape index (κ1) is 11.8. The first-order valence-electron chi connectivity index (χ1n) is 5.46. The van der Waals surface area contributed by atoms with Gasteiger partial charge in [0.2, 0.25) is 0 Å². The lowest BCUT2D eigenvalue weighted by Crippen LogP contribution is -1.97. The van der Waals surface area contributed by atoms with E-state index in [0.29, 0.717) is 0 Å². The Morgan fingerprint density at radius 1 is 1.20 bits per heavy atom. The van der Waals surface area contributed by atoms with Gasteiger partial charge in [0.1, 0.15) is 5.75 Å². The Morgan fingerprint density at radius 2 is 1.87 bits per heavy atom. The lowest BCUT2D eigenvalue weighted by atomic mass is 10.1. The molecule has 0 saturated heterocycles. The molecular formula is C14H20O. The predicted octanol–water partition coefficient (Wildman–Crippen LogP) is 4.25. The molecule has 0 aliphatic heterocycles. The number of benzene rings is 1.